The first kappa shape index (κ1) is 15.1. The Bertz CT molecular complexity index is 416. The molecular weight excluding hydrogens is 246 g/mol. The van der Waals surface area contributed by atoms with Gasteiger partial charge < -0.3 is 11.1 Å². The van der Waals surface area contributed by atoms with Crippen molar-refractivity contribution in [2.75, 3.05) is 11.9 Å². The van der Waals surface area contributed by atoms with E-state index in [2.05, 4.69) is 31.1 Å². The van der Waals surface area contributed by atoms with E-state index in [0.717, 1.165) is 5.69 Å². The second-order valence-electron chi connectivity index (χ2n) is 5.86. The number of amides is 1. The summed E-state index contributed by atoms with van der Waals surface area (Å²) in [7, 11) is 0. The highest BCUT2D eigenvalue weighted by Gasteiger charge is 2.30. The van der Waals surface area contributed by atoms with E-state index in [-0.39, 0.29) is 11.3 Å². The molecule has 0 aliphatic heterocycles. The van der Waals surface area contributed by atoms with Gasteiger partial charge in [0.25, 0.3) is 0 Å². The van der Waals surface area contributed by atoms with E-state index in [1.54, 1.807) is 0 Å². The van der Waals surface area contributed by atoms with Crippen LogP contribution in [0.3, 0.4) is 0 Å². The Kier molecular flexibility index (Phi) is 4.50. The van der Waals surface area contributed by atoms with E-state index >= 15 is 0 Å². The lowest BCUT2D eigenvalue weighted by atomic mass is 9.87. The molecule has 102 valence electrons. The van der Waals surface area contributed by atoms with Crippen molar-refractivity contribution in [1.82, 2.24) is 4.98 Å². The smallest absolute Gasteiger partial charge is 0.233 e. The first-order valence-electron chi connectivity index (χ1n) is 6.20. The topological polar surface area (TPSA) is 68.0 Å². The number of nitrogens with one attached hydrogen (secondary N) is 1. The maximum absolute atomic E-state index is 12.1. The van der Waals surface area contributed by atoms with Crippen molar-refractivity contribution in [2.45, 2.75) is 46.5 Å². The van der Waals surface area contributed by atoms with Gasteiger partial charge in [0.05, 0.1) is 11.1 Å². The molecule has 1 amide bonds. The van der Waals surface area contributed by atoms with Gasteiger partial charge in [0.15, 0.2) is 5.13 Å². The van der Waals surface area contributed by atoms with E-state index in [1.165, 1.54) is 11.3 Å². The third kappa shape index (κ3) is 3.29. The summed E-state index contributed by atoms with van der Waals surface area (Å²) in [6.45, 7) is 10.5. The summed E-state index contributed by atoms with van der Waals surface area (Å²) < 4.78 is 0. The molecule has 4 nitrogen and oxygen atoms in total. The number of aromatic nitrogens is 1. The number of carbonyl (C=O) groups is 1. The normalized spacial score (nSPS) is 15.2. The number of anilines is 1. The number of carbonyl (C=O) groups excluding carboxylic acids is 1. The van der Waals surface area contributed by atoms with Crippen LogP contribution >= 0.6 is 11.3 Å². The molecule has 0 saturated heterocycles. The Morgan fingerprint density at radius 3 is 2.44 bits per heavy atom. The molecule has 1 atom stereocenters. The van der Waals surface area contributed by atoms with Gasteiger partial charge in [-0.05, 0) is 13.3 Å². The molecule has 5 heteroatoms. The zero-order chi connectivity index (χ0) is 14.0. The quantitative estimate of drug-likeness (QED) is 0.883. The number of nitrogens with zero attached hydrogens (tertiary/aromatic N) is 1. The van der Waals surface area contributed by atoms with Gasteiger partial charge in [-0.2, -0.15) is 0 Å². The van der Waals surface area contributed by atoms with Crippen LogP contribution in [-0.4, -0.2) is 17.4 Å². The summed E-state index contributed by atoms with van der Waals surface area (Å²) in [5.41, 5.74) is 6.14. The summed E-state index contributed by atoms with van der Waals surface area (Å²) in [5, 5.41) is 5.50. The average molecular weight is 269 g/mol. The van der Waals surface area contributed by atoms with E-state index in [9.17, 15) is 4.79 Å². The Labute approximate surface area is 113 Å². The van der Waals surface area contributed by atoms with E-state index in [4.69, 9.17) is 5.73 Å². The molecule has 0 aliphatic rings. The average Bonchev–Trinajstić information content (AvgIpc) is 2.76. The first-order chi connectivity index (χ1) is 8.23. The number of hydrogen-bond donors (Lipinski definition) is 2. The van der Waals surface area contributed by atoms with Crippen LogP contribution in [0.15, 0.2) is 5.38 Å². The van der Waals surface area contributed by atoms with Crippen LogP contribution in [0.2, 0.25) is 0 Å². The van der Waals surface area contributed by atoms with Crippen molar-refractivity contribution in [2.24, 2.45) is 11.1 Å². The summed E-state index contributed by atoms with van der Waals surface area (Å²) in [6, 6.07) is 0. The fraction of sp³-hybridized carbons (Fsp3) is 0.692. The zero-order valence-corrected chi connectivity index (χ0v) is 12.6. The molecule has 1 heterocycles. The molecule has 1 rings (SSSR count). The Hall–Kier alpha value is -0.940. The predicted octanol–water partition coefficient (Wildman–Crippen LogP) is 2.75. The molecule has 0 saturated carbocycles. The summed E-state index contributed by atoms with van der Waals surface area (Å²) >= 11 is 1.46. The van der Waals surface area contributed by atoms with Gasteiger partial charge in [0, 0.05) is 17.3 Å². The largest absolute Gasteiger partial charge is 0.329 e. The molecular formula is C13H23N3OS. The summed E-state index contributed by atoms with van der Waals surface area (Å²) in [4.78, 5) is 16.6. The number of rotatable bonds is 4. The molecule has 3 N–H and O–H groups in total. The molecule has 0 aromatic carbocycles. The van der Waals surface area contributed by atoms with Gasteiger partial charge in [-0.1, -0.05) is 27.7 Å². The van der Waals surface area contributed by atoms with Gasteiger partial charge in [-0.15, -0.1) is 11.3 Å². The Morgan fingerprint density at radius 1 is 1.44 bits per heavy atom. The zero-order valence-electron chi connectivity index (χ0n) is 11.8. The van der Waals surface area contributed by atoms with Gasteiger partial charge >= 0.3 is 0 Å². The highest BCUT2D eigenvalue weighted by molar-refractivity contribution is 7.13. The van der Waals surface area contributed by atoms with Crippen molar-refractivity contribution < 1.29 is 4.79 Å². The third-order valence-corrected chi connectivity index (χ3v) is 4.03. The molecule has 0 bridgehead atoms. The van der Waals surface area contributed by atoms with E-state index in [0.29, 0.717) is 18.1 Å². The van der Waals surface area contributed by atoms with Crippen LogP contribution < -0.4 is 11.1 Å². The molecule has 1 unspecified atom stereocenters. The van der Waals surface area contributed by atoms with Crippen LogP contribution in [0.5, 0.6) is 0 Å². The number of nitrogens with two attached hydrogens (primary N) is 1. The van der Waals surface area contributed by atoms with Crippen molar-refractivity contribution in [3.63, 3.8) is 0 Å². The minimum absolute atomic E-state index is 0.00139. The highest BCUT2D eigenvalue weighted by atomic mass is 32.1. The van der Waals surface area contributed by atoms with Crippen molar-refractivity contribution in [3.8, 4) is 0 Å². The fourth-order valence-corrected chi connectivity index (χ4v) is 2.25. The lowest BCUT2D eigenvalue weighted by Crippen LogP contribution is -2.39. The van der Waals surface area contributed by atoms with Gasteiger partial charge in [0.2, 0.25) is 5.91 Å². The molecule has 1 aromatic heterocycles. The van der Waals surface area contributed by atoms with Crippen LogP contribution in [0.4, 0.5) is 5.13 Å². The van der Waals surface area contributed by atoms with Crippen molar-refractivity contribution in [3.05, 3.63) is 11.1 Å². The molecule has 1 aromatic rings. The SMILES string of the molecule is CCC(C)(CN)C(=O)Nc1nc(C(C)(C)C)cs1. The second-order valence-corrected chi connectivity index (χ2v) is 6.72. The molecule has 0 fully saturated rings. The number of hydrogen-bond acceptors (Lipinski definition) is 4. The van der Waals surface area contributed by atoms with Crippen molar-refractivity contribution >= 4 is 22.4 Å². The lowest BCUT2D eigenvalue weighted by Gasteiger charge is -2.24. The number of thiazole rings is 1. The molecule has 0 spiro atoms. The first-order valence-corrected chi connectivity index (χ1v) is 7.08. The molecule has 18 heavy (non-hydrogen) atoms. The highest BCUT2D eigenvalue weighted by Crippen LogP contribution is 2.28. The molecule has 0 radical (unpaired) electrons. The van der Waals surface area contributed by atoms with Crippen molar-refractivity contribution in [1.29, 1.82) is 0 Å². The van der Waals surface area contributed by atoms with Crippen LogP contribution in [-0.2, 0) is 10.2 Å². The third-order valence-electron chi connectivity index (χ3n) is 3.27. The maximum Gasteiger partial charge on any atom is 0.233 e. The monoisotopic (exact) mass is 269 g/mol. The standard InChI is InChI=1S/C13H23N3OS/c1-6-13(5,8-14)10(17)16-11-15-9(7-18-11)12(2,3)4/h7H,6,8,14H2,1-5H3,(H,15,16,17). The van der Waals surface area contributed by atoms with Crippen LogP contribution in [0, 0.1) is 5.41 Å². The lowest BCUT2D eigenvalue weighted by molar-refractivity contribution is -0.124. The van der Waals surface area contributed by atoms with E-state index in [1.807, 2.05) is 19.2 Å². The van der Waals surface area contributed by atoms with E-state index < -0.39 is 5.41 Å². The Balaban J connectivity index is 2.80. The van der Waals surface area contributed by atoms with Gasteiger partial charge in [-0.25, -0.2) is 4.98 Å². The predicted molar refractivity (Wildman–Crippen MR) is 76.9 cm³/mol. The second kappa shape index (κ2) is 5.36. The maximum atomic E-state index is 12.1. The van der Waals surface area contributed by atoms with Gasteiger partial charge in [0.1, 0.15) is 0 Å². The summed E-state index contributed by atoms with van der Waals surface area (Å²) in [6.07, 6.45) is 0.715. The minimum atomic E-state index is -0.520. The Morgan fingerprint density at radius 2 is 2.06 bits per heavy atom. The summed E-state index contributed by atoms with van der Waals surface area (Å²) in [5.74, 6) is -0.0534. The van der Waals surface area contributed by atoms with Gasteiger partial charge in [-0.3, -0.25) is 4.79 Å². The van der Waals surface area contributed by atoms with Crippen LogP contribution in [0.1, 0.15) is 46.7 Å². The molecule has 0 aliphatic carbocycles. The van der Waals surface area contributed by atoms with Crippen LogP contribution in [0.25, 0.3) is 0 Å². The minimum Gasteiger partial charge on any atom is -0.329 e. The fourth-order valence-electron chi connectivity index (χ4n) is 1.32.